The number of aromatic nitrogens is 2. The van der Waals surface area contributed by atoms with Crippen LogP contribution in [0.4, 0.5) is 11.4 Å². The summed E-state index contributed by atoms with van der Waals surface area (Å²) in [6.45, 7) is 10.2. The third-order valence-electron chi connectivity index (χ3n) is 6.16. The summed E-state index contributed by atoms with van der Waals surface area (Å²) in [5, 5.41) is 3.41. The number of anilines is 2. The number of hydrogen-bond donors (Lipinski definition) is 1. The van der Waals surface area contributed by atoms with Gasteiger partial charge in [0.2, 0.25) is 0 Å². The van der Waals surface area contributed by atoms with E-state index in [1.807, 2.05) is 6.20 Å². The lowest BCUT2D eigenvalue weighted by atomic mass is 10.1. The number of fused-ring (bicyclic) bond motifs is 1. The third-order valence-corrected chi connectivity index (χ3v) is 6.16. The number of aliphatic imine (C=N–C) groups is 1. The summed E-state index contributed by atoms with van der Waals surface area (Å²) in [7, 11) is 0. The Morgan fingerprint density at radius 3 is 2.52 bits per heavy atom. The van der Waals surface area contributed by atoms with E-state index in [4.69, 9.17) is 9.98 Å². The van der Waals surface area contributed by atoms with E-state index < -0.39 is 0 Å². The highest BCUT2D eigenvalue weighted by Gasteiger charge is 2.17. The number of rotatable bonds is 5. The standard InChI is InChI=1S/C25H30N6/c1-3-13-30-17-22(24-25(30)19(2)8-10-27-24)23-9-14-31(18-28-23)21-6-4-20(5-7-21)29-15-11-26-12-16-29/h4-10,14,17,26H,3,11-13,15-16,18H2,1-2H3. The molecule has 0 radical (unpaired) electrons. The lowest BCUT2D eigenvalue weighted by Gasteiger charge is -2.30. The van der Waals surface area contributed by atoms with Gasteiger partial charge in [0, 0.05) is 68.3 Å². The first-order valence-electron chi connectivity index (χ1n) is 11.2. The lowest BCUT2D eigenvalue weighted by Crippen LogP contribution is -2.43. The molecule has 0 spiro atoms. The Morgan fingerprint density at radius 2 is 1.81 bits per heavy atom. The number of benzene rings is 1. The molecule has 0 saturated carbocycles. The van der Waals surface area contributed by atoms with Crippen molar-refractivity contribution in [3.05, 3.63) is 66.1 Å². The topological polar surface area (TPSA) is 48.7 Å². The van der Waals surface area contributed by atoms with Crippen LogP contribution in [0, 0.1) is 6.92 Å². The van der Waals surface area contributed by atoms with Crippen LogP contribution in [0.2, 0.25) is 0 Å². The minimum atomic E-state index is 0.616. The van der Waals surface area contributed by atoms with Crippen molar-refractivity contribution in [2.75, 3.05) is 42.6 Å². The minimum Gasteiger partial charge on any atom is -0.369 e. The van der Waals surface area contributed by atoms with Crippen molar-refractivity contribution in [1.82, 2.24) is 14.9 Å². The molecule has 2 aromatic heterocycles. The van der Waals surface area contributed by atoms with E-state index in [-0.39, 0.29) is 0 Å². The monoisotopic (exact) mass is 414 g/mol. The first kappa shape index (κ1) is 19.8. The highest BCUT2D eigenvalue weighted by molar-refractivity contribution is 6.16. The van der Waals surface area contributed by atoms with Crippen molar-refractivity contribution < 1.29 is 0 Å². The number of allylic oxidation sites excluding steroid dienone is 1. The Morgan fingerprint density at radius 1 is 1.03 bits per heavy atom. The van der Waals surface area contributed by atoms with Crippen LogP contribution in [0.3, 0.4) is 0 Å². The number of hydrogen-bond acceptors (Lipinski definition) is 5. The van der Waals surface area contributed by atoms with E-state index in [0.717, 1.165) is 55.9 Å². The summed E-state index contributed by atoms with van der Waals surface area (Å²) in [6, 6.07) is 10.9. The maximum absolute atomic E-state index is 4.91. The Labute approximate surface area is 183 Å². The number of pyridine rings is 1. The first-order chi connectivity index (χ1) is 15.2. The summed E-state index contributed by atoms with van der Waals surface area (Å²) in [5.74, 6) is 0. The van der Waals surface area contributed by atoms with E-state index in [9.17, 15) is 0 Å². The van der Waals surface area contributed by atoms with E-state index >= 15 is 0 Å². The molecule has 2 aliphatic rings. The molecule has 0 aliphatic carbocycles. The molecule has 0 amide bonds. The van der Waals surface area contributed by atoms with E-state index in [1.165, 1.54) is 22.5 Å². The van der Waals surface area contributed by atoms with Crippen molar-refractivity contribution in [3.63, 3.8) is 0 Å². The Kier molecular flexibility index (Phi) is 5.47. The van der Waals surface area contributed by atoms with Crippen molar-refractivity contribution in [2.45, 2.75) is 26.8 Å². The molecule has 6 heteroatoms. The zero-order valence-corrected chi connectivity index (χ0v) is 18.4. The van der Waals surface area contributed by atoms with Gasteiger partial charge < -0.3 is 19.7 Å². The summed E-state index contributed by atoms with van der Waals surface area (Å²) >= 11 is 0. The van der Waals surface area contributed by atoms with E-state index in [2.05, 4.69) is 82.3 Å². The average molecular weight is 415 g/mol. The molecule has 3 aromatic rings. The molecule has 160 valence electrons. The average Bonchev–Trinajstić information content (AvgIpc) is 3.20. The first-order valence-corrected chi connectivity index (χ1v) is 11.2. The Bertz CT molecular complexity index is 1120. The fourth-order valence-corrected chi connectivity index (χ4v) is 4.53. The summed E-state index contributed by atoms with van der Waals surface area (Å²) in [5.41, 5.74) is 8.12. The number of aryl methyl sites for hydroxylation is 2. The van der Waals surface area contributed by atoms with E-state index in [0.29, 0.717) is 6.67 Å². The van der Waals surface area contributed by atoms with Gasteiger partial charge in [-0.15, -0.1) is 0 Å². The smallest absolute Gasteiger partial charge is 0.115 e. The molecule has 1 aromatic carbocycles. The molecule has 5 rings (SSSR count). The van der Waals surface area contributed by atoms with Crippen molar-refractivity contribution in [1.29, 1.82) is 0 Å². The van der Waals surface area contributed by atoms with Crippen LogP contribution in [0.5, 0.6) is 0 Å². The van der Waals surface area contributed by atoms with Gasteiger partial charge in [-0.3, -0.25) is 9.98 Å². The zero-order valence-electron chi connectivity index (χ0n) is 18.4. The minimum absolute atomic E-state index is 0.616. The maximum Gasteiger partial charge on any atom is 0.115 e. The Balaban J connectivity index is 1.36. The van der Waals surface area contributed by atoms with Crippen LogP contribution < -0.4 is 15.1 Å². The molecule has 4 heterocycles. The predicted molar refractivity (Wildman–Crippen MR) is 129 cm³/mol. The highest BCUT2D eigenvalue weighted by Crippen LogP contribution is 2.27. The van der Waals surface area contributed by atoms with Crippen LogP contribution in [0.15, 0.2) is 60.0 Å². The molecule has 0 atom stereocenters. The number of piperazine rings is 1. The van der Waals surface area contributed by atoms with Gasteiger partial charge in [0.15, 0.2) is 0 Å². The normalized spacial score (nSPS) is 16.8. The van der Waals surface area contributed by atoms with Gasteiger partial charge in [-0.1, -0.05) is 6.92 Å². The highest BCUT2D eigenvalue weighted by atomic mass is 15.2. The third kappa shape index (κ3) is 3.83. The lowest BCUT2D eigenvalue weighted by molar-refractivity contribution is 0.589. The Hall–Kier alpha value is -3.12. The van der Waals surface area contributed by atoms with Gasteiger partial charge in [-0.25, -0.2) is 0 Å². The molecular formula is C25H30N6. The van der Waals surface area contributed by atoms with Gasteiger partial charge in [-0.05, 0) is 55.3 Å². The van der Waals surface area contributed by atoms with Crippen LogP contribution in [0.25, 0.3) is 11.0 Å². The maximum atomic E-state index is 4.91. The van der Waals surface area contributed by atoms with Crippen LogP contribution >= 0.6 is 0 Å². The molecule has 31 heavy (non-hydrogen) atoms. The van der Waals surface area contributed by atoms with Crippen LogP contribution in [0.1, 0.15) is 24.5 Å². The van der Waals surface area contributed by atoms with Gasteiger partial charge in [-0.2, -0.15) is 0 Å². The number of nitrogens with one attached hydrogen (secondary N) is 1. The van der Waals surface area contributed by atoms with Gasteiger partial charge in [0.25, 0.3) is 0 Å². The SMILES string of the molecule is CCCn1cc(C2=NCN(c3ccc(N4CCNCC4)cc3)C=C2)c2nccc(C)c21. The number of nitrogens with zero attached hydrogens (tertiary/aromatic N) is 5. The van der Waals surface area contributed by atoms with Crippen LogP contribution in [-0.2, 0) is 6.54 Å². The quantitative estimate of drug-likeness (QED) is 0.687. The molecule has 6 nitrogen and oxygen atoms in total. The largest absolute Gasteiger partial charge is 0.369 e. The van der Waals surface area contributed by atoms with Crippen molar-refractivity contribution in [3.8, 4) is 0 Å². The molecule has 0 bridgehead atoms. The molecule has 0 unspecified atom stereocenters. The van der Waals surface area contributed by atoms with Gasteiger partial charge in [0.05, 0.1) is 16.7 Å². The predicted octanol–water partition coefficient (Wildman–Crippen LogP) is 3.94. The van der Waals surface area contributed by atoms with Gasteiger partial charge in [0.1, 0.15) is 6.67 Å². The van der Waals surface area contributed by atoms with E-state index in [1.54, 1.807) is 0 Å². The van der Waals surface area contributed by atoms with Gasteiger partial charge >= 0.3 is 0 Å². The second-order valence-electron chi connectivity index (χ2n) is 8.28. The molecule has 2 aliphatic heterocycles. The molecule has 1 N–H and O–H groups in total. The summed E-state index contributed by atoms with van der Waals surface area (Å²) < 4.78 is 2.32. The summed E-state index contributed by atoms with van der Waals surface area (Å²) in [4.78, 5) is 14.2. The fourth-order valence-electron chi connectivity index (χ4n) is 4.53. The second kappa shape index (κ2) is 8.55. The summed E-state index contributed by atoms with van der Waals surface area (Å²) in [6.07, 6.45) is 9.47. The fraction of sp³-hybridized carbons (Fsp3) is 0.360. The molecule has 1 fully saturated rings. The molecule has 1 saturated heterocycles. The van der Waals surface area contributed by atoms with Crippen LogP contribution in [-0.4, -0.2) is 48.1 Å². The van der Waals surface area contributed by atoms with Crippen molar-refractivity contribution >= 4 is 28.1 Å². The zero-order chi connectivity index (χ0) is 21.2. The second-order valence-corrected chi connectivity index (χ2v) is 8.28. The van der Waals surface area contributed by atoms with Crippen molar-refractivity contribution in [2.24, 2.45) is 4.99 Å². The molecular weight excluding hydrogens is 384 g/mol.